The second kappa shape index (κ2) is 7.97. The number of carbonyl (C=O) groups is 2. The average molecular weight is 386 g/mol. The number of pyridine rings is 1. The van der Waals surface area contributed by atoms with Crippen LogP contribution < -0.4 is 10.6 Å². The monoisotopic (exact) mass is 386 g/mol. The fraction of sp³-hybridized carbons (Fsp3) is 0.474. The molecule has 1 fully saturated rings. The van der Waals surface area contributed by atoms with Gasteiger partial charge in [0, 0.05) is 39.1 Å². The van der Waals surface area contributed by atoms with E-state index in [2.05, 4.69) is 20.7 Å². The van der Waals surface area contributed by atoms with Crippen LogP contribution in [0.2, 0.25) is 0 Å². The highest BCUT2D eigenvalue weighted by molar-refractivity contribution is 6.02. The van der Waals surface area contributed by atoms with Gasteiger partial charge in [0.1, 0.15) is 11.3 Å². The number of carbonyl (C=O) groups excluding carboxylic acids is 2. The predicted molar refractivity (Wildman–Crippen MR) is 104 cm³/mol. The first-order chi connectivity index (χ1) is 13.2. The number of nitrogens with zero attached hydrogens (tertiary/aromatic N) is 4. The number of aromatic nitrogens is 3. The molecule has 2 N–H and O–H groups in total. The van der Waals surface area contributed by atoms with Gasteiger partial charge in [-0.1, -0.05) is 6.07 Å². The largest absolute Gasteiger partial charge is 0.444 e. The molecule has 0 saturated carbocycles. The van der Waals surface area contributed by atoms with Crippen molar-refractivity contribution in [1.82, 2.24) is 25.0 Å². The normalized spacial score (nSPS) is 17.3. The molecule has 0 aliphatic carbocycles. The zero-order valence-corrected chi connectivity index (χ0v) is 16.6. The van der Waals surface area contributed by atoms with Gasteiger partial charge in [0.2, 0.25) is 0 Å². The molecule has 2 aromatic rings. The van der Waals surface area contributed by atoms with Crippen LogP contribution in [0.1, 0.15) is 42.9 Å². The van der Waals surface area contributed by atoms with Crippen LogP contribution in [-0.4, -0.2) is 56.9 Å². The van der Waals surface area contributed by atoms with Crippen molar-refractivity contribution in [1.29, 1.82) is 0 Å². The van der Waals surface area contributed by atoms with Crippen LogP contribution in [0.5, 0.6) is 0 Å². The Morgan fingerprint density at radius 2 is 2.07 bits per heavy atom. The standard InChI is InChI=1S/C19H26N6O3/c1-19(2,3)28-18(27)25-8-7-20-11-16(25)13-5-6-15(21-9-13)17(26)23-14-10-22-24(4)12-14/h5-6,9-10,12,16,20H,7-8,11H2,1-4H3,(H,23,26). The Labute approximate surface area is 164 Å². The lowest BCUT2D eigenvalue weighted by atomic mass is 10.1. The molecule has 28 heavy (non-hydrogen) atoms. The summed E-state index contributed by atoms with van der Waals surface area (Å²) < 4.78 is 7.13. The maximum atomic E-state index is 12.6. The van der Waals surface area contributed by atoms with Gasteiger partial charge in [-0.3, -0.25) is 19.4 Å². The molecular weight excluding hydrogens is 360 g/mol. The first-order valence-corrected chi connectivity index (χ1v) is 9.19. The Morgan fingerprint density at radius 3 is 2.68 bits per heavy atom. The van der Waals surface area contributed by atoms with E-state index in [4.69, 9.17) is 4.74 Å². The van der Waals surface area contributed by atoms with Crippen molar-refractivity contribution in [2.75, 3.05) is 25.0 Å². The van der Waals surface area contributed by atoms with E-state index in [1.54, 1.807) is 41.3 Å². The van der Waals surface area contributed by atoms with Crippen LogP contribution in [0.4, 0.5) is 10.5 Å². The molecule has 1 aliphatic heterocycles. The van der Waals surface area contributed by atoms with E-state index in [9.17, 15) is 9.59 Å². The van der Waals surface area contributed by atoms with Crippen molar-refractivity contribution in [2.24, 2.45) is 7.05 Å². The number of hydrogen-bond donors (Lipinski definition) is 2. The molecule has 1 saturated heterocycles. The summed E-state index contributed by atoms with van der Waals surface area (Å²) in [6.45, 7) is 7.39. The van der Waals surface area contributed by atoms with Crippen LogP contribution in [0.25, 0.3) is 0 Å². The quantitative estimate of drug-likeness (QED) is 0.836. The second-order valence-corrected chi connectivity index (χ2v) is 7.73. The third-order valence-electron chi connectivity index (χ3n) is 4.24. The molecule has 2 amide bonds. The highest BCUT2D eigenvalue weighted by Gasteiger charge is 2.31. The fourth-order valence-corrected chi connectivity index (χ4v) is 2.96. The number of nitrogens with one attached hydrogen (secondary N) is 2. The number of aryl methyl sites for hydroxylation is 1. The maximum absolute atomic E-state index is 12.6. The van der Waals surface area contributed by atoms with Gasteiger partial charge in [-0.2, -0.15) is 5.10 Å². The van der Waals surface area contributed by atoms with E-state index in [1.807, 2.05) is 26.8 Å². The fourth-order valence-electron chi connectivity index (χ4n) is 2.96. The molecule has 3 heterocycles. The lowest BCUT2D eigenvalue weighted by Gasteiger charge is -2.37. The smallest absolute Gasteiger partial charge is 0.410 e. The molecule has 150 valence electrons. The molecule has 9 heteroatoms. The Morgan fingerprint density at radius 1 is 1.29 bits per heavy atom. The van der Waals surface area contributed by atoms with E-state index in [0.717, 1.165) is 5.56 Å². The van der Waals surface area contributed by atoms with E-state index in [0.29, 0.717) is 31.0 Å². The molecule has 0 radical (unpaired) electrons. The molecule has 0 spiro atoms. The lowest BCUT2D eigenvalue weighted by molar-refractivity contribution is 0.0117. The Bertz CT molecular complexity index is 840. The van der Waals surface area contributed by atoms with Gasteiger partial charge in [0.15, 0.2) is 0 Å². The van der Waals surface area contributed by atoms with Crippen LogP contribution in [0, 0.1) is 0 Å². The predicted octanol–water partition coefficient (Wildman–Crippen LogP) is 1.95. The molecule has 3 rings (SSSR count). The molecule has 2 aromatic heterocycles. The SMILES string of the molecule is Cn1cc(NC(=O)c2ccc(C3CNCCN3C(=O)OC(C)(C)C)cn2)cn1. The number of amides is 2. The number of rotatable bonds is 3. The zero-order chi connectivity index (χ0) is 20.3. The number of ether oxygens (including phenoxy) is 1. The lowest BCUT2D eigenvalue weighted by Crippen LogP contribution is -2.50. The van der Waals surface area contributed by atoms with Crippen LogP contribution in [0.15, 0.2) is 30.7 Å². The highest BCUT2D eigenvalue weighted by atomic mass is 16.6. The van der Waals surface area contributed by atoms with Gasteiger partial charge in [-0.25, -0.2) is 4.79 Å². The summed E-state index contributed by atoms with van der Waals surface area (Å²) >= 11 is 0. The van der Waals surface area contributed by atoms with Crippen molar-refractivity contribution in [3.8, 4) is 0 Å². The number of piperazine rings is 1. The second-order valence-electron chi connectivity index (χ2n) is 7.73. The minimum atomic E-state index is -0.557. The van der Waals surface area contributed by atoms with Gasteiger partial charge in [-0.15, -0.1) is 0 Å². The van der Waals surface area contributed by atoms with Crippen LogP contribution in [-0.2, 0) is 11.8 Å². The molecule has 1 aliphatic rings. The third-order valence-corrected chi connectivity index (χ3v) is 4.24. The summed E-state index contributed by atoms with van der Waals surface area (Å²) in [7, 11) is 1.78. The molecule has 1 unspecified atom stereocenters. The maximum Gasteiger partial charge on any atom is 0.410 e. The van der Waals surface area contributed by atoms with Crippen LogP contribution >= 0.6 is 0 Å². The first-order valence-electron chi connectivity index (χ1n) is 9.19. The molecular formula is C19H26N6O3. The highest BCUT2D eigenvalue weighted by Crippen LogP contribution is 2.24. The van der Waals surface area contributed by atoms with Crippen molar-refractivity contribution in [3.05, 3.63) is 42.0 Å². The summed E-state index contributed by atoms with van der Waals surface area (Å²) in [5.41, 5.74) is 1.18. The number of anilines is 1. The Balaban J connectivity index is 1.71. The summed E-state index contributed by atoms with van der Waals surface area (Å²) in [6, 6.07) is 3.27. The van der Waals surface area contributed by atoms with Gasteiger partial charge in [0.05, 0.1) is 17.9 Å². The Kier molecular flexibility index (Phi) is 5.64. The Hall–Kier alpha value is -2.94. The van der Waals surface area contributed by atoms with Crippen molar-refractivity contribution in [2.45, 2.75) is 32.4 Å². The summed E-state index contributed by atoms with van der Waals surface area (Å²) in [5.74, 6) is -0.315. The van der Waals surface area contributed by atoms with Crippen molar-refractivity contribution >= 4 is 17.7 Å². The van der Waals surface area contributed by atoms with E-state index in [1.165, 1.54) is 0 Å². The minimum Gasteiger partial charge on any atom is -0.444 e. The van der Waals surface area contributed by atoms with E-state index in [-0.39, 0.29) is 18.0 Å². The first kappa shape index (κ1) is 19.8. The van der Waals surface area contributed by atoms with E-state index < -0.39 is 5.60 Å². The topological polar surface area (TPSA) is 101 Å². The van der Waals surface area contributed by atoms with Crippen molar-refractivity contribution < 1.29 is 14.3 Å². The van der Waals surface area contributed by atoms with Gasteiger partial charge in [-0.05, 0) is 32.4 Å². The zero-order valence-electron chi connectivity index (χ0n) is 16.6. The summed E-state index contributed by atoms with van der Waals surface area (Å²) in [5, 5.41) is 10.1. The van der Waals surface area contributed by atoms with Gasteiger partial charge < -0.3 is 15.4 Å². The molecule has 0 aromatic carbocycles. The van der Waals surface area contributed by atoms with Crippen molar-refractivity contribution in [3.63, 3.8) is 0 Å². The molecule has 1 atom stereocenters. The minimum absolute atomic E-state index is 0.202. The molecule has 0 bridgehead atoms. The van der Waals surface area contributed by atoms with E-state index >= 15 is 0 Å². The molecule has 9 nitrogen and oxygen atoms in total. The summed E-state index contributed by atoms with van der Waals surface area (Å²) in [4.78, 5) is 30.9. The van der Waals surface area contributed by atoms with Crippen LogP contribution in [0.3, 0.4) is 0 Å². The summed E-state index contributed by atoms with van der Waals surface area (Å²) in [6.07, 6.45) is 4.56. The third kappa shape index (κ3) is 4.86. The number of hydrogen-bond acceptors (Lipinski definition) is 6. The van der Waals surface area contributed by atoms with Gasteiger partial charge >= 0.3 is 6.09 Å². The van der Waals surface area contributed by atoms with Gasteiger partial charge in [0.25, 0.3) is 5.91 Å². The average Bonchev–Trinajstić information content (AvgIpc) is 3.05.